The van der Waals surface area contributed by atoms with E-state index in [0.717, 1.165) is 0 Å². The van der Waals surface area contributed by atoms with Gasteiger partial charge in [0.15, 0.2) is 0 Å². The Kier molecular flexibility index (Phi) is 3.34. The van der Waals surface area contributed by atoms with Crippen LogP contribution in [0.1, 0.15) is 10.4 Å². The van der Waals surface area contributed by atoms with Crippen LogP contribution in [0.5, 0.6) is 0 Å². The molecule has 0 unspecified atom stereocenters. The van der Waals surface area contributed by atoms with Crippen LogP contribution in [0.15, 0.2) is 36.5 Å². The highest BCUT2D eigenvalue weighted by Gasteiger charge is 2.04. The zero-order valence-electron chi connectivity index (χ0n) is 9.35. The van der Waals surface area contributed by atoms with Gasteiger partial charge in [-0.05, 0) is 30.3 Å². The average molecular weight is 263 g/mol. The lowest BCUT2D eigenvalue weighted by molar-refractivity contribution is 0.1000. The Balaban J connectivity index is 2.23. The molecule has 1 heterocycles. The van der Waals surface area contributed by atoms with Crippen molar-refractivity contribution in [3.8, 4) is 0 Å². The summed E-state index contributed by atoms with van der Waals surface area (Å²) in [7, 11) is 0. The van der Waals surface area contributed by atoms with Crippen molar-refractivity contribution in [1.82, 2.24) is 4.98 Å². The maximum absolute atomic E-state index is 10.9. The Morgan fingerprint density at radius 2 is 2.06 bits per heavy atom. The van der Waals surface area contributed by atoms with E-state index >= 15 is 0 Å². The Morgan fingerprint density at radius 1 is 1.28 bits per heavy atom. The number of nitrogen functional groups attached to an aromatic ring is 1. The summed E-state index contributed by atoms with van der Waals surface area (Å²) in [6, 6.07) is 8.32. The van der Waals surface area contributed by atoms with Gasteiger partial charge in [0.25, 0.3) is 0 Å². The third kappa shape index (κ3) is 2.70. The molecule has 92 valence electrons. The molecule has 0 saturated carbocycles. The van der Waals surface area contributed by atoms with E-state index in [1.165, 1.54) is 6.20 Å². The average Bonchev–Trinajstić information content (AvgIpc) is 2.34. The fourth-order valence-electron chi connectivity index (χ4n) is 1.39. The lowest BCUT2D eigenvalue weighted by atomic mass is 10.2. The number of rotatable bonds is 3. The number of carbonyl (C=O) groups excluding carboxylic acids is 1. The van der Waals surface area contributed by atoms with Crippen LogP contribution in [-0.2, 0) is 0 Å². The number of hydrogen-bond acceptors (Lipinski definition) is 4. The molecule has 1 aromatic heterocycles. The van der Waals surface area contributed by atoms with Gasteiger partial charge >= 0.3 is 0 Å². The molecule has 0 saturated heterocycles. The van der Waals surface area contributed by atoms with E-state index in [2.05, 4.69) is 10.3 Å². The first-order valence-corrected chi connectivity index (χ1v) is 5.52. The van der Waals surface area contributed by atoms with E-state index in [1.54, 1.807) is 30.3 Å². The molecule has 6 heteroatoms. The Morgan fingerprint density at radius 3 is 2.67 bits per heavy atom. The Labute approximate surface area is 109 Å². The van der Waals surface area contributed by atoms with Crippen LogP contribution >= 0.6 is 11.6 Å². The molecular formula is C12H11ClN4O. The van der Waals surface area contributed by atoms with Gasteiger partial charge in [0, 0.05) is 11.9 Å². The summed E-state index contributed by atoms with van der Waals surface area (Å²) in [5.74, 6) is 0.0311. The minimum atomic E-state index is -0.518. The quantitative estimate of drug-likeness (QED) is 0.739. The summed E-state index contributed by atoms with van der Waals surface area (Å²) < 4.78 is 0. The van der Waals surface area contributed by atoms with Crippen molar-refractivity contribution in [2.45, 2.75) is 0 Å². The maximum Gasteiger partial charge on any atom is 0.250 e. The van der Waals surface area contributed by atoms with E-state index in [0.29, 0.717) is 27.8 Å². The van der Waals surface area contributed by atoms with Gasteiger partial charge in [0.1, 0.15) is 5.82 Å². The van der Waals surface area contributed by atoms with E-state index in [9.17, 15) is 4.79 Å². The van der Waals surface area contributed by atoms with Crippen molar-refractivity contribution in [2.24, 2.45) is 5.73 Å². The highest BCUT2D eigenvalue weighted by Crippen LogP contribution is 2.26. The molecule has 0 fully saturated rings. The van der Waals surface area contributed by atoms with Crippen molar-refractivity contribution >= 4 is 34.7 Å². The van der Waals surface area contributed by atoms with Crippen LogP contribution in [0.3, 0.4) is 0 Å². The second-order valence-corrected chi connectivity index (χ2v) is 4.07. The Hall–Kier alpha value is -2.27. The van der Waals surface area contributed by atoms with Gasteiger partial charge in [0.2, 0.25) is 5.91 Å². The molecule has 0 bridgehead atoms. The Bertz CT molecular complexity index is 583. The number of benzene rings is 1. The molecule has 18 heavy (non-hydrogen) atoms. The van der Waals surface area contributed by atoms with E-state index in [-0.39, 0.29) is 0 Å². The summed E-state index contributed by atoms with van der Waals surface area (Å²) in [6.07, 6.45) is 1.39. The standard InChI is InChI=1S/C12H11ClN4O/c13-9-3-2-8(14)5-10(9)17-11-4-1-7(6-16-11)12(15)18/h1-6H,14H2,(H2,15,18)(H,16,17). The van der Waals surface area contributed by atoms with Gasteiger partial charge in [-0.25, -0.2) is 4.98 Å². The first-order valence-electron chi connectivity index (χ1n) is 5.14. The van der Waals surface area contributed by atoms with Crippen LogP contribution < -0.4 is 16.8 Å². The molecule has 5 nitrogen and oxygen atoms in total. The third-order valence-electron chi connectivity index (χ3n) is 2.30. The number of nitrogens with zero attached hydrogens (tertiary/aromatic N) is 1. The molecule has 0 aliphatic carbocycles. The molecule has 0 radical (unpaired) electrons. The maximum atomic E-state index is 10.9. The first-order chi connectivity index (χ1) is 8.56. The van der Waals surface area contributed by atoms with Crippen molar-refractivity contribution in [3.63, 3.8) is 0 Å². The number of amides is 1. The number of hydrogen-bond donors (Lipinski definition) is 3. The van der Waals surface area contributed by atoms with Crippen LogP contribution in [0.25, 0.3) is 0 Å². The summed E-state index contributed by atoms with van der Waals surface area (Å²) in [4.78, 5) is 14.9. The SMILES string of the molecule is NC(=O)c1ccc(Nc2cc(N)ccc2Cl)nc1. The predicted molar refractivity (Wildman–Crippen MR) is 71.9 cm³/mol. The normalized spacial score (nSPS) is 10.1. The number of halogens is 1. The number of carbonyl (C=O) groups is 1. The van der Waals surface area contributed by atoms with Gasteiger partial charge in [-0.15, -0.1) is 0 Å². The molecule has 0 aliphatic heterocycles. The minimum Gasteiger partial charge on any atom is -0.399 e. The molecule has 2 rings (SSSR count). The smallest absolute Gasteiger partial charge is 0.250 e. The minimum absolute atomic E-state index is 0.347. The van der Waals surface area contributed by atoms with Gasteiger partial charge in [0.05, 0.1) is 16.3 Å². The number of aromatic nitrogens is 1. The van der Waals surface area contributed by atoms with Crippen LogP contribution in [0, 0.1) is 0 Å². The highest BCUT2D eigenvalue weighted by molar-refractivity contribution is 6.33. The lowest BCUT2D eigenvalue weighted by Gasteiger charge is -2.08. The molecule has 5 N–H and O–H groups in total. The summed E-state index contributed by atoms with van der Waals surface area (Å²) in [6.45, 7) is 0. The number of pyridine rings is 1. The van der Waals surface area contributed by atoms with Crippen molar-refractivity contribution in [3.05, 3.63) is 47.1 Å². The number of nitrogens with one attached hydrogen (secondary N) is 1. The molecule has 0 aliphatic rings. The predicted octanol–water partition coefficient (Wildman–Crippen LogP) is 2.16. The zero-order chi connectivity index (χ0) is 13.1. The van der Waals surface area contributed by atoms with Gasteiger partial charge in [-0.3, -0.25) is 4.79 Å². The molecule has 0 atom stereocenters. The van der Waals surface area contributed by atoms with Gasteiger partial charge < -0.3 is 16.8 Å². The van der Waals surface area contributed by atoms with Crippen LogP contribution in [0.2, 0.25) is 5.02 Å². The highest BCUT2D eigenvalue weighted by atomic mass is 35.5. The number of primary amides is 1. The molecule has 1 amide bonds. The number of anilines is 3. The topological polar surface area (TPSA) is 94.0 Å². The summed E-state index contributed by atoms with van der Waals surface area (Å²) in [5, 5.41) is 3.54. The third-order valence-corrected chi connectivity index (χ3v) is 2.63. The van der Waals surface area contributed by atoms with Crippen LogP contribution in [-0.4, -0.2) is 10.9 Å². The van der Waals surface area contributed by atoms with Crippen LogP contribution in [0.4, 0.5) is 17.2 Å². The van der Waals surface area contributed by atoms with Crippen molar-refractivity contribution in [2.75, 3.05) is 11.1 Å². The van der Waals surface area contributed by atoms with E-state index < -0.39 is 5.91 Å². The fourth-order valence-corrected chi connectivity index (χ4v) is 1.56. The second kappa shape index (κ2) is 4.93. The summed E-state index contributed by atoms with van der Waals surface area (Å²) >= 11 is 6.01. The fraction of sp³-hybridized carbons (Fsp3) is 0. The van der Waals surface area contributed by atoms with Gasteiger partial charge in [-0.2, -0.15) is 0 Å². The monoisotopic (exact) mass is 262 g/mol. The lowest BCUT2D eigenvalue weighted by Crippen LogP contribution is -2.11. The number of nitrogens with two attached hydrogens (primary N) is 2. The van der Waals surface area contributed by atoms with E-state index in [1.807, 2.05) is 0 Å². The largest absolute Gasteiger partial charge is 0.399 e. The molecular weight excluding hydrogens is 252 g/mol. The second-order valence-electron chi connectivity index (χ2n) is 3.66. The zero-order valence-corrected chi connectivity index (χ0v) is 10.1. The van der Waals surface area contributed by atoms with Gasteiger partial charge in [-0.1, -0.05) is 11.6 Å². The van der Waals surface area contributed by atoms with Crippen molar-refractivity contribution in [1.29, 1.82) is 0 Å². The summed E-state index contributed by atoms with van der Waals surface area (Å²) in [5.41, 5.74) is 12.4. The van der Waals surface area contributed by atoms with E-state index in [4.69, 9.17) is 23.1 Å². The van der Waals surface area contributed by atoms with Crippen molar-refractivity contribution < 1.29 is 4.79 Å². The molecule has 0 spiro atoms. The first kappa shape index (κ1) is 12.2. The molecule has 1 aromatic carbocycles. The molecule has 2 aromatic rings.